The maximum atomic E-state index is 12.8. The highest BCUT2D eigenvalue weighted by atomic mass is 32.1. The van der Waals surface area contributed by atoms with Crippen molar-refractivity contribution in [3.8, 4) is 0 Å². The van der Waals surface area contributed by atoms with Crippen LogP contribution in [-0.4, -0.2) is 96.9 Å². The van der Waals surface area contributed by atoms with Gasteiger partial charge in [-0.15, -0.1) is 0 Å². The molecule has 33 heavy (non-hydrogen) atoms. The lowest BCUT2D eigenvalue weighted by Crippen LogP contribution is -2.54. The van der Waals surface area contributed by atoms with E-state index in [0.29, 0.717) is 26.2 Å². The molecule has 0 spiro atoms. The van der Waals surface area contributed by atoms with Crippen molar-refractivity contribution >= 4 is 28.8 Å². The summed E-state index contributed by atoms with van der Waals surface area (Å²) in [6.45, 7) is 10.7. The van der Waals surface area contributed by atoms with Gasteiger partial charge < -0.3 is 10.2 Å². The van der Waals surface area contributed by atoms with Crippen molar-refractivity contribution in [3.05, 3.63) is 52.2 Å². The summed E-state index contributed by atoms with van der Waals surface area (Å²) in [6.07, 6.45) is 0.890. The van der Waals surface area contributed by atoms with Crippen molar-refractivity contribution in [2.24, 2.45) is 0 Å². The summed E-state index contributed by atoms with van der Waals surface area (Å²) in [7, 11) is 0. The number of carbonyl (C=O) groups is 2. The second-order valence-corrected chi connectivity index (χ2v) is 9.68. The van der Waals surface area contributed by atoms with E-state index in [1.165, 1.54) is 5.56 Å². The Bertz CT molecular complexity index is 903. The Morgan fingerprint density at radius 1 is 0.879 bits per heavy atom. The Balaban J connectivity index is 1.15. The number of benzene rings is 1. The highest BCUT2D eigenvalue weighted by Crippen LogP contribution is 2.16. The number of amides is 2. The summed E-state index contributed by atoms with van der Waals surface area (Å²) < 4.78 is 0. The maximum absolute atomic E-state index is 12.8. The molecule has 1 N–H and O–H groups in total. The third kappa shape index (κ3) is 6.86. The lowest BCUT2D eigenvalue weighted by atomic mass is 10.1. The molecule has 1 aromatic heterocycles. The van der Waals surface area contributed by atoms with Crippen LogP contribution in [0.4, 0.5) is 5.69 Å². The third-order valence-corrected chi connectivity index (χ3v) is 7.31. The van der Waals surface area contributed by atoms with E-state index in [0.717, 1.165) is 63.5 Å². The van der Waals surface area contributed by atoms with Crippen molar-refractivity contribution in [1.29, 1.82) is 0 Å². The molecule has 2 aliphatic rings. The van der Waals surface area contributed by atoms with Gasteiger partial charge in [0.05, 0.1) is 13.1 Å². The highest BCUT2D eigenvalue weighted by molar-refractivity contribution is 7.07. The molecule has 2 saturated heterocycles. The number of para-hydroxylation sites is 1. The minimum atomic E-state index is 0.0102. The maximum Gasteiger partial charge on any atom is 0.238 e. The number of hydrogen-bond donors (Lipinski definition) is 1. The van der Waals surface area contributed by atoms with E-state index >= 15 is 0 Å². The van der Waals surface area contributed by atoms with Crippen LogP contribution in [0.15, 0.2) is 41.1 Å². The molecular weight excluding hydrogens is 434 g/mol. The second kappa shape index (κ2) is 11.7. The zero-order valence-electron chi connectivity index (χ0n) is 19.5. The van der Waals surface area contributed by atoms with E-state index in [1.807, 2.05) is 29.2 Å². The van der Waals surface area contributed by atoms with Crippen molar-refractivity contribution in [2.75, 3.05) is 70.8 Å². The zero-order chi connectivity index (χ0) is 23.0. The van der Waals surface area contributed by atoms with Crippen molar-refractivity contribution in [2.45, 2.75) is 19.9 Å². The summed E-state index contributed by atoms with van der Waals surface area (Å²) in [6, 6.07) is 10.1. The van der Waals surface area contributed by atoms with Gasteiger partial charge in [0.15, 0.2) is 0 Å². The fourth-order valence-electron chi connectivity index (χ4n) is 4.54. The van der Waals surface area contributed by atoms with Crippen LogP contribution in [-0.2, 0) is 22.6 Å². The van der Waals surface area contributed by atoms with Gasteiger partial charge in [0.25, 0.3) is 0 Å². The predicted molar refractivity (Wildman–Crippen MR) is 134 cm³/mol. The Labute approximate surface area is 201 Å². The molecule has 7 nitrogen and oxygen atoms in total. The first-order valence-corrected chi connectivity index (χ1v) is 12.9. The normalized spacial score (nSPS) is 18.4. The number of aryl methyl sites for hydroxylation is 1. The van der Waals surface area contributed by atoms with E-state index in [2.05, 4.69) is 43.8 Å². The lowest BCUT2D eigenvalue weighted by Gasteiger charge is -2.37. The molecule has 178 valence electrons. The van der Waals surface area contributed by atoms with Crippen LogP contribution in [0.3, 0.4) is 0 Å². The van der Waals surface area contributed by atoms with E-state index in [-0.39, 0.29) is 11.8 Å². The van der Waals surface area contributed by atoms with Gasteiger partial charge in [-0.2, -0.15) is 11.3 Å². The fraction of sp³-hybridized carbons (Fsp3) is 0.520. The summed E-state index contributed by atoms with van der Waals surface area (Å²) >= 11 is 1.74. The van der Waals surface area contributed by atoms with Gasteiger partial charge >= 0.3 is 0 Å². The quantitative estimate of drug-likeness (QED) is 0.643. The molecule has 3 heterocycles. The number of hydrogen-bond acceptors (Lipinski definition) is 6. The van der Waals surface area contributed by atoms with E-state index in [1.54, 1.807) is 11.3 Å². The fourth-order valence-corrected chi connectivity index (χ4v) is 5.20. The summed E-state index contributed by atoms with van der Waals surface area (Å²) in [4.78, 5) is 34.2. The summed E-state index contributed by atoms with van der Waals surface area (Å²) in [5, 5.41) is 7.38. The average molecular weight is 470 g/mol. The number of piperazine rings is 2. The van der Waals surface area contributed by atoms with Crippen molar-refractivity contribution in [3.63, 3.8) is 0 Å². The highest BCUT2D eigenvalue weighted by Gasteiger charge is 2.25. The minimum Gasteiger partial charge on any atom is -0.339 e. The molecule has 2 fully saturated rings. The van der Waals surface area contributed by atoms with Crippen LogP contribution >= 0.6 is 11.3 Å². The summed E-state index contributed by atoms with van der Waals surface area (Å²) in [5.41, 5.74) is 3.42. The number of carbonyl (C=O) groups excluding carboxylic acids is 2. The Hall–Kier alpha value is -2.26. The summed E-state index contributed by atoms with van der Waals surface area (Å²) in [5.74, 6) is 0.221. The molecular formula is C25H35N5O2S. The number of thiophene rings is 1. The first-order valence-electron chi connectivity index (χ1n) is 11.9. The molecule has 0 radical (unpaired) electrons. The number of nitrogens with one attached hydrogen (secondary N) is 1. The largest absolute Gasteiger partial charge is 0.339 e. The SMILES string of the molecule is CCc1ccccc1NC(=O)CN1CCN(C(=O)CN2CCN(Cc3ccsc3)CC2)CC1. The molecule has 0 unspecified atom stereocenters. The van der Waals surface area contributed by atoms with Gasteiger partial charge in [-0.3, -0.25) is 24.3 Å². The molecule has 0 atom stereocenters. The molecule has 8 heteroatoms. The standard InChI is InChI=1S/C25H35N5O2S/c1-2-22-5-3-4-6-23(22)26-24(31)18-28-12-14-30(15-13-28)25(32)19-29-10-8-27(9-11-29)17-21-7-16-33-20-21/h3-7,16,20H,2,8-15,17-19H2,1H3,(H,26,31). The topological polar surface area (TPSA) is 59.1 Å². The van der Waals surface area contributed by atoms with Crippen LogP contribution in [0.5, 0.6) is 0 Å². The van der Waals surface area contributed by atoms with Gasteiger partial charge in [-0.05, 0) is 40.4 Å². The molecule has 2 aliphatic heterocycles. The molecule has 0 aliphatic carbocycles. The second-order valence-electron chi connectivity index (χ2n) is 8.90. The Morgan fingerprint density at radius 2 is 1.55 bits per heavy atom. The molecule has 4 rings (SSSR count). The predicted octanol–water partition coefficient (Wildman–Crippen LogP) is 2.21. The average Bonchev–Trinajstić information content (AvgIpc) is 3.34. The number of rotatable bonds is 8. The minimum absolute atomic E-state index is 0.0102. The first-order chi connectivity index (χ1) is 16.1. The molecule has 2 aromatic rings. The van der Waals surface area contributed by atoms with Crippen molar-refractivity contribution in [1.82, 2.24) is 19.6 Å². The van der Waals surface area contributed by atoms with Crippen LogP contribution in [0.1, 0.15) is 18.1 Å². The van der Waals surface area contributed by atoms with Gasteiger partial charge in [-0.1, -0.05) is 25.1 Å². The van der Waals surface area contributed by atoms with Crippen LogP contribution in [0, 0.1) is 0 Å². The van der Waals surface area contributed by atoms with Gasteiger partial charge in [0.1, 0.15) is 0 Å². The molecule has 0 bridgehead atoms. The number of nitrogens with zero attached hydrogens (tertiary/aromatic N) is 4. The van der Waals surface area contributed by atoms with E-state index in [4.69, 9.17) is 0 Å². The van der Waals surface area contributed by atoms with E-state index < -0.39 is 0 Å². The monoisotopic (exact) mass is 469 g/mol. The molecule has 2 amide bonds. The van der Waals surface area contributed by atoms with Gasteiger partial charge in [0.2, 0.25) is 11.8 Å². The van der Waals surface area contributed by atoms with Gasteiger partial charge in [-0.25, -0.2) is 0 Å². The van der Waals surface area contributed by atoms with Crippen LogP contribution in [0.2, 0.25) is 0 Å². The lowest BCUT2D eigenvalue weighted by molar-refractivity contribution is -0.134. The van der Waals surface area contributed by atoms with Crippen molar-refractivity contribution < 1.29 is 9.59 Å². The first kappa shape index (κ1) is 23.9. The van der Waals surface area contributed by atoms with Gasteiger partial charge in [0, 0.05) is 64.6 Å². The smallest absolute Gasteiger partial charge is 0.238 e. The van der Waals surface area contributed by atoms with Crippen LogP contribution in [0.25, 0.3) is 0 Å². The molecule has 1 aromatic carbocycles. The molecule has 0 saturated carbocycles. The Kier molecular flexibility index (Phi) is 8.50. The van der Waals surface area contributed by atoms with Crippen LogP contribution < -0.4 is 5.32 Å². The van der Waals surface area contributed by atoms with E-state index in [9.17, 15) is 9.59 Å². The Morgan fingerprint density at radius 3 is 2.24 bits per heavy atom. The zero-order valence-corrected chi connectivity index (χ0v) is 20.4. The number of anilines is 1. The third-order valence-electron chi connectivity index (χ3n) is 6.57.